The second-order valence-corrected chi connectivity index (χ2v) is 15.3. The molecule has 4 amide bonds. The number of nitrogens with one attached hydrogen (secondary N) is 1. The maximum absolute atomic E-state index is 14.2. The number of piperazine rings is 1. The standard InChI is InChI=1S/C35H43BrCl2N6O5/c1-40-14-15-43(21-30(40)34(47)48)25-6-12-42(13-7-25)33(46)24(16-22-17-27(37)32(36)28(38)18-22)19-31(45)41-10-8-26(9-11-41)44-20-23-4-2-3-5-29(23)39-35(44)49/h2-5,17-18,24-26,30H,6-16,19-21H2,1H3,(H,39,49)(H,47,48). The van der Waals surface area contributed by atoms with Crippen LogP contribution >= 0.6 is 39.1 Å². The molecule has 0 saturated carbocycles. The van der Waals surface area contributed by atoms with E-state index in [1.807, 2.05) is 50.9 Å². The summed E-state index contributed by atoms with van der Waals surface area (Å²) in [5, 5.41) is 13.5. The van der Waals surface area contributed by atoms with Crippen molar-refractivity contribution >= 4 is 68.6 Å². The average molecular weight is 779 g/mol. The third kappa shape index (κ3) is 8.20. The predicted octanol–water partition coefficient (Wildman–Crippen LogP) is 5.04. The third-order valence-corrected chi connectivity index (χ3v) is 12.6. The molecule has 0 spiro atoms. The molecule has 2 N–H and O–H groups in total. The second-order valence-electron chi connectivity index (χ2n) is 13.7. The molecule has 2 unspecified atom stereocenters. The zero-order valence-electron chi connectivity index (χ0n) is 27.6. The first kappa shape index (κ1) is 35.9. The van der Waals surface area contributed by atoms with Crippen LogP contribution in [0.1, 0.15) is 43.2 Å². The number of piperidine rings is 2. The fourth-order valence-electron chi connectivity index (χ4n) is 7.74. The Morgan fingerprint density at radius 3 is 2.24 bits per heavy atom. The van der Waals surface area contributed by atoms with Crippen molar-refractivity contribution in [3.8, 4) is 0 Å². The lowest BCUT2D eigenvalue weighted by molar-refractivity contribution is -0.146. The van der Waals surface area contributed by atoms with E-state index in [0.717, 1.165) is 36.2 Å². The first-order valence-corrected chi connectivity index (χ1v) is 18.6. The highest BCUT2D eigenvalue weighted by atomic mass is 79.9. The minimum atomic E-state index is -0.813. The highest BCUT2D eigenvalue weighted by Gasteiger charge is 2.38. The van der Waals surface area contributed by atoms with Gasteiger partial charge in [-0.2, -0.15) is 0 Å². The lowest BCUT2D eigenvalue weighted by Gasteiger charge is -2.44. The topological polar surface area (TPSA) is 117 Å². The quantitative estimate of drug-likeness (QED) is 0.362. The Balaban J connectivity index is 1.09. The number of likely N-dealkylation sites (tertiary alicyclic amines) is 2. The number of hydrogen-bond acceptors (Lipinski definition) is 6. The van der Waals surface area contributed by atoms with Gasteiger partial charge in [0.1, 0.15) is 6.04 Å². The van der Waals surface area contributed by atoms with Crippen molar-refractivity contribution in [1.82, 2.24) is 24.5 Å². The smallest absolute Gasteiger partial charge is 0.322 e. The lowest BCUT2D eigenvalue weighted by Crippen LogP contribution is -2.59. The van der Waals surface area contributed by atoms with Crippen LogP contribution in [-0.4, -0.2) is 124 Å². The van der Waals surface area contributed by atoms with Gasteiger partial charge < -0.3 is 25.1 Å². The molecule has 2 aromatic carbocycles. The second kappa shape index (κ2) is 15.6. The molecule has 0 radical (unpaired) electrons. The Labute approximate surface area is 305 Å². The van der Waals surface area contributed by atoms with Crippen molar-refractivity contribution in [3.63, 3.8) is 0 Å². The van der Waals surface area contributed by atoms with E-state index in [0.29, 0.717) is 79.6 Å². The Kier molecular flexibility index (Phi) is 11.4. The predicted molar refractivity (Wildman–Crippen MR) is 192 cm³/mol. The first-order valence-electron chi connectivity index (χ1n) is 17.0. The van der Waals surface area contributed by atoms with Crippen LogP contribution in [0.2, 0.25) is 10.0 Å². The van der Waals surface area contributed by atoms with Crippen molar-refractivity contribution < 1.29 is 24.3 Å². The molecule has 49 heavy (non-hydrogen) atoms. The molecule has 4 aliphatic heterocycles. The summed E-state index contributed by atoms with van der Waals surface area (Å²) in [6, 6.07) is 11.0. The summed E-state index contributed by atoms with van der Waals surface area (Å²) in [6.45, 7) is 4.63. The molecular formula is C35H43BrCl2N6O5. The number of carboxylic acid groups (broad SMARTS) is 1. The number of hydrogen-bond donors (Lipinski definition) is 2. The summed E-state index contributed by atoms with van der Waals surface area (Å²) in [6.07, 6.45) is 3.21. The molecule has 2 atom stereocenters. The fourth-order valence-corrected chi connectivity index (χ4v) is 8.51. The van der Waals surface area contributed by atoms with E-state index in [2.05, 4.69) is 26.1 Å². The molecule has 14 heteroatoms. The van der Waals surface area contributed by atoms with Gasteiger partial charge in [0.25, 0.3) is 0 Å². The molecule has 0 aliphatic carbocycles. The van der Waals surface area contributed by atoms with E-state index >= 15 is 0 Å². The van der Waals surface area contributed by atoms with Crippen molar-refractivity contribution in [2.24, 2.45) is 5.92 Å². The number of para-hydroxylation sites is 1. The van der Waals surface area contributed by atoms with E-state index in [4.69, 9.17) is 23.2 Å². The molecule has 2 aromatic rings. The lowest BCUT2D eigenvalue weighted by atomic mass is 9.91. The molecule has 6 rings (SSSR count). The Bertz CT molecular complexity index is 1560. The van der Waals surface area contributed by atoms with Gasteiger partial charge in [-0.1, -0.05) is 41.4 Å². The molecule has 0 bridgehead atoms. The van der Waals surface area contributed by atoms with Crippen LogP contribution in [-0.2, 0) is 27.3 Å². The maximum Gasteiger partial charge on any atom is 0.322 e. The van der Waals surface area contributed by atoms with Crippen molar-refractivity contribution in [2.45, 2.75) is 63.2 Å². The summed E-state index contributed by atoms with van der Waals surface area (Å²) in [4.78, 5) is 62.3. The molecule has 3 saturated heterocycles. The zero-order valence-corrected chi connectivity index (χ0v) is 30.7. The number of aliphatic carboxylic acids is 1. The minimum Gasteiger partial charge on any atom is -0.480 e. The van der Waals surface area contributed by atoms with Gasteiger partial charge in [0, 0.05) is 76.5 Å². The number of rotatable bonds is 8. The van der Waals surface area contributed by atoms with Crippen LogP contribution in [0.15, 0.2) is 40.9 Å². The van der Waals surface area contributed by atoms with Gasteiger partial charge >= 0.3 is 12.0 Å². The molecule has 11 nitrogen and oxygen atoms in total. The maximum atomic E-state index is 14.2. The van der Waals surface area contributed by atoms with E-state index in [1.54, 1.807) is 12.1 Å². The van der Waals surface area contributed by atoms with Gasteiger partial charge in [0.15, 0.2) is 0 Å². The van der Waals surface area contributed by atoms with Crippen molar-refractivity contribution in [3.05, 3.63) is 62.0 Å². The van der Waals surface area contributed by atoms with Crippen LogP contribution in [0.5, 0.6) is 0 Å². The monoisotopic (exact) mass is 776 g/mol. The molecule has 3 fully saturated rings. The number of likely N-dealkylation sites (N-methyl/N-ethyl adjacent to an activating group) is 1. The summed E-state index contributed by atoms with van der Waals surface area (Å²) < 4.78 is 0.586. The van der Waals surface area contributed by atoms with Gasteiger partial charge in [-0.15, -0.1) is 0 Å². The average Bonchev–Trinajstić information content (AvgIpc) is 3.10. The summed E-state index contributed by atoms with van der Waals surface area (Å²) in [5.74, 6) is -1.55. The molecule has 4 heterocycles. The summed E-state index contributed by atoms with van der Waals surface area (Å²) in [7, 11) is 1.85. The van der Waals surface area contributed by atoms with E-state index in [-0.39, 0.29) is 36.3 Å². The molecule has 264 valence electrons. The Morgan fingerprint density at radius 2 is 1.57 bits per heavy atom. The van der Waals surface area contributed by atoms with Crippen molar-refractivity contribution in [1.29, 1.82) is 0 Å². The van der Waals surface area contributed by atoms with E-state index in [9.17, 15) is 24.3 Å². The van der Waals surface area contributed by atoms with E-state index in [1.165, 1.54) is 0 Å². The third-order valence-electron chi connectivity index (χ3n) is 10.7. The Hall–Kier alpha value is -2.90. The van der Waals surface area contributed by atoms with Crippen LogP contribution in [0.3, 0.4) is 0 Å². The molecule has 4 aliphatic rings. The number of carboxylic acids is 1. The highest BCUT2D eigenvalue weighted by Crippen LogP contribution is 2.34. The highest BCUT2D eigenvalue weighted by molar-refractivity contribution is 9.10. The van der Waals surface area contributed by atoms with Gasteiger partial charge in [-0.05, 0) is 84.4 Å². The summed E-state index contributed by atoms with van der Waals surface area (Å²) in [5.41, 5.74) is 2.70. The Morgan fingerprint density at radius 1 is 0.939 bits per heavy atom. The SMILES string of the molecule is CN1CCN(C2CCN(C(=O)C(CC(=O)N3CCC(N4Cc5ccccc5NC4=O)CC3)Cc3cc(Cl)c(Br)c(Cl)c3)CC2)CC1C(=O)O. The summed E-state index contributed by atoms with van der Waals surface area (Å²) >= 11 is 16.2. The first-order chi connectivity index (χ1) is 23.5. The number of carbonyl (C=O) groups excluding carboxylic acids is 3. The number of urea groups is 1. The number of carbonyl (C=O) groups is 4. The number of nitrogens with zero attached hydrogens (tertiary/aromatic N) is 5. The van der Waals surface area contributed by atoms with Crippen LogP contribution in [0, 0.1) is 5.92 Å². The normalized spacial score (nSPS) is 22.1. The van der Waals surface area contributed by atoms with Gasteiger partial charge in [-0.25, -0.2) is 4.79 Å². The van der Waals surface area contributed by atoms with Crippen LogP contribution < -0.4 is 5.32 Å². The van der Waals surface area contributed by atoms with Gasteiger partial charge in [0.05, 0.1) is 20.4 Å². The number of anilines is 1. The minimum absolute atomic E-state index is 0.0225. The van der Waals surface area contributed by atoms with Crippen LogP contribution in [0.4, 0.5) is 10.5 Å². The number of fused-ring (bicyclic) bond motifs is 1. The molecular weight excluding hydrogens is 735 g/mol. The number of halogens is 3. The zero-order chi connectivity index (χ0) is 34.8. The van der Waals surface area contributed by atoms with Crippen LogP contribution in [0.25, 0.3) is 0 Å². The number of benzene rings is 2. The van der Waals surface area contributed by atoms with Gasteiger partial charge in [0.2, 0.25) is 11.8 Å². The fraction of sp³-hybridized carbons (Fsp3) is 0.543. The molecule has 0 aromatic heterocycles. The van der Waals surface area contributed by atoms with Gasteiger partial charge in [-0.3, -0.25) is 24.2 Å². The number of amides is 4. The largest absolute Gasteiger partial charge is 0.480 e. The van der Waals surface area contributed by atoms with E-state index < -0.39 is 17.9 Å². The van der Waals surface area contributed by atoms with Crippen molar-refractivity contribution in [2.75, 3.05) is 58.2 Å².